The van der Waals surface area contributed by atoms with Gasteiger partial charge in [-0.25, -0.2) is 0 Å². The van der Waals surface area contributed by atoms with Crippen LogP contribution in [-0.2, 0) is 4.79 Å². The van der Waals surface area contributed by atoms with Gasteiger partial charge < -0.3 is 5.11 Å². The Kier molecular flexibility index (Phi) is 4.70. The van der Waals surface area contributed by atoms with Crippen molar-refractivity contribution in [2.24, 2.45) is 0 Å². The molecule has 0 bridgehead atoms. The van der Waals surface area contributed by atoms with Crippen LogP contribution in [0.3, 0.4) is 0 Å². The second-order valence-corrected chi connectivity index (χ2v) is 5.33. The number of aliphatic carboxylic acids is 1. The molecule has 1 fully saturated rings. The molecule has 1 N–H and O–H groups in total. The molecule has 0 aliphatic carbocycles. The van der Waals surface area contributed by atoms with Crippen LogP contribution in [0.15, 0.2) is 47.4 Å². The van der Waals surface area contributed by atoms with E-state index < -0.39 is 12.5 Å². The first-order chi connectivity index (χ1) is 9.58. The topological polar surface area (TPSA) is 57.6 Å². The zero-order valence-electron chi connectivity index (χ0n) is 10.4. The van der Waals surface area contributed by atoms with Crippen LogP contribution in [0.25, 0.3) is 6.08 Å². The number of carboxylic acid groups (broad SMARTS) is 1. The van der Waals surface area contributed by atoms with Crippen molar-refractivity contribution in [2.75, 3.05) is 6.54 Å². The molecule has 1 aromatic rings. The van der Waals surface area contributed by atoms with E-state index in [9.17, 15) is 9.59 Å². The molecule has 0 unspecified atom stereocenters. The van der Waals surface area contributed by atoms with Gasteiger partial charge in [-0.05, 0) is 23.4 Å². The van der Waals surface area contributed by atoms with Crippen molar-refractivity contribution in [2.45, 2.75) is 0 Å². The van der Waals surface area contributed by atoms with Crippen molar-refractivity contribution < 1.29 is 14.7 Å². The average Bonchev–Trinajstić information content (AvgIpc) is 2.67. The summed E-state index contributed by atoms with van der Waals surface area (Å²) < 4.78 is 0. The average molecular weight is 305 g/mol. The molecule has 102 valence electrons. The summed E-state index contributed by atoms with van der Waals surface area (Å²) in [6, 6.07) is 9.70. The maximum absolute atomic E-state index is 11.6. The lowest BCUT2D eigenvalue weighted by Crippen LogP contribution is -2.32. The van der Waals surface area contributed by atoms with Gasteiger partial charge in [-0.1, -0.05) is 54.7 Å². The maximum atomic E-state index is 11.6. The zero-order valence-corrected chi connectivity index (χ0v) is 12.0. The first kappa shape index (κ1) is 14.5. The molecule has 2 rings (SSSR count). The molecule has 6 heteroatoms. The second kappa shape index (κ2) is 6.49. The number of hydrogen-bond acceptors (Lipinski definition) is 4. The van der Waals surface area contributed by atoms with E-state index in [0.717, 1.165) is 22.2 Å². The molecule has 1 aliphatic heterocycles. The van der Waals surface area contributed by atoms with Gasteiger partial charge in [0, 0.05) is 0 Å². The Hall–Kier alpha value is -1.92. The first-order valence-corrected chi connectivity index (χ1v) is 6.99. The third-order valence-electron chi connectivity index (χ3n) is 2.50. The van der Waals surface area contributed by atoms with Crippen molar-refractivity contribution >= 4 is 46.3 Å². The molecular weight excluding hydrogens is 294 g/mol. The van der Waals surface area contributed by atoms with Gasteiger partial charge in [0.25, 0.3) is 5.24 Å². The number of carbonyl (C=O) groups is 2. The largest absolute Gasteiger partial charge is 0.480 e. The Morgan fingerprint density at radius 1 is 1.35 bits per heavy atom. The molecule has 1 heterocycles. The van der Waals surface area contributed by atoms with E-state index in [4.69, 9.17) is 17.3 Å². The fourth-order valence-corrected chi connectivity index (χ4v) is 2.79. The molecule has 1 aromatic carbocycles. The Morgan fingerprint density at radius 3 is 2.70 bits per heavy atom. The summed E-state index contributed by atoms with van der Waals surface area (Å²) in [6.45, 7) is -0.398. The summed E-state index contributed by atoms with van der Waals surface area (Å²) in [7, 11) is 0. The molecule has 0 spiro atoms. The van der Waals surface area contributed by atoms with E-state index in [1.807, 2.05) is 36.4 Å². The van der Waals surface area contributed by atoms with Crippen LogP contribution in [-0.4, -0.2) is 32.7 Å². The number of nitrogens with zero attached hydrogens (tertiary/aromatic N) is 1. The molecule has 4 nitrogen and oxygen atoms in total. The molecule has 0 atom stereocenters. The van der Waals surface area contributed by atoms with Gasteiger partial charge in [-0.3, -0.25) is 14.5 Å². The lowest BCUT2D eigenvalue weighted by atomic mass is 10.2. The minimum atomic E-state index is -1.08. The van der Waals surface area contributed by atoms with E-state index in [2.05, 4.69) is 0 Å². The summed E-state index contributed by atoms with van der Waals surface area (Å²) in [5.74, 6) is -1.08. The minimum Gasteiger partial charge on any atom is -0.480 e. The Morgan fingerprint density at radius 2 is 2.05 bits per heavy atom. The first-order valence-electron chi connectivity index (χ1n) is 5.77. The van der Waals surface area contributed by atoms with Crippen LogP contribution in [0.1, 0.15) is 5.56 Å². The van der Waals surface area contributed by atoms with Gasteiger partial charge in [0.2, 0.25) is 0 Å². The zero-order chi connectivity index (χ0) is 14.5. The normalized spacial score (nSPS) is 17.4. The number of carboxylic acids is 1. The number of hydrogen-bond donors (Lipinski definition) is 1. The summed E-state index contributed by atoms with van der Waals surface area (Å²) in [5, 5.41) is 8.37. The number of allylic oxidation sites excluding steroid dienone is 2. The van der Waals surface area contributed by atoms with E-state index in [-0.39, 0.29) is 10.2 Å². The van der Waals surface area contributed by atoms with E-state index in [1.54, 1.807) is 12.2 Å². The maximum Gasteiger partial charge on any atom is 0.323 e. The van der Waals surface area contributed by atoms with Crippen molar-refractivity contribution in [1.82, 2.24) is 4.90 Å². The van der Waals surface area contributed by atoms with Crippen molar-refractivity contribution in [3.05, 3.63) is 53.0 Å². The highest BCUT2D eigenvalue weighted by Gasteiger charge is 2.32. The van der Waals surface area contributed by atoms with Crippen LogP contribution in [0.4, 0.5) is 4.79 Å². The number of thiocarbonyl (C=S) groups is 1. The molecule has 1 amide bonds. The van der Waals surface area contributed by atoms with Crippen molar-refractivity contribution in [3.63, 3.8) is 0 Å². The van der Waals surface area contributed by atoms with Crippen LogP contribution >= 0.6 is 24.0 Å². The van der Waals surface area contributed by atoms with Crippen molar-refractivity contribution in [3.8, 4) is 0 Å². The number of carbonyl (C=O) groups excluding carboxylic acids is 1. The Labute approximate surface area is 125 Å². The van der Waals surface area contributed by atoms with Crippen LogP contribution < -0.4 is 0 Å². The molecular formula is C14H11NO3S2. The molecule has 1 aliphatic rings. The molecule has 0 aromatic heterocycles. The summed E-state index contributed by atoms with van der Waals surface area (Å²) in [5.41, 5.74) is 1.03. The van der Waals surface area contributed by atoms with Gasteiger partial charge in [-0.2, -0.15) is 0 Å². The molecule has 0 saturated carbocycles. The molecule has 20 heavy (non-hydrogen) atoms. The Balaban J connectivity index is 2.08. The quantitative estimate of drug-likeness (QED) is 0.684. The molecule has 0 radical (unpaired) electrons. The van der Waals surface area contributed by atoms with Crippen LogP contribution in [0.2, 0.25) is 0 Å². The van der Waals surface area contributed by atoms with Crippen molar-refractivity contribution in [1.29, 1.82) is 0 Å². The van der Waals surface area contributed by atoms with Gasteiger partial charge in [0.1, 0.15) is 11.5 Å². The lowest BCUT2D eigenvalue weighted by molar-refractivity contribution is -0.136. The van der Waals surface area contributed by atoms with Crippen LogP contribution in [0.5, 0.6) is 0 Å². The Bertz CT molecular complexity index is 608. The minimum absolute atomic E-state index is 0.264. The van der Waals surface area contributed by atoms with E-state index >= 15 is 0 Å². The summed E-state index contributed by atoms with van der Waals surface area (Å²) in [4.78, 5) is 24.2. The predicted octanol–water partition coefficient (Wildman–Crippen LogP) is 3.16. The highest BCUT2D eigenvalue weighted by molar-refractivity contribution is 8.19. The van der Waals surface area contributed by atoms with E-state index in [1.165, 1.54) is 0 Å². The second-order valence-electron chi connectivity index (χ2n) is 3.95. The number of rotatable bonds is 4. The fraction of sp³-hybridized carbons (Fsp3) is 0.0714. The lowest BCUT2D eigenvalue weighted by Gasteiger charge is -2.10. The molecule has 1 saturated heterocycles. The highest BCUT2D eigenvalue weighted by atomic mass is 32.2. The number of benzene rings is 1. The van der Waals surface area contributed by atoms with Crippen LogP contribution in [0, 0.1) is 0 Å². The fourth-order valence-electron chi connectivity index (χ4n) is 1.60. The number of thioether (sulfide) groups is 1. The van der Waals surface area contributed by atoms with Gasteiger partial charge >= 0.3 is 5.97 Å². The SMILES string of the molecule is O=C(O)CN1C(=O)SC(=CC=Cc2ccccc2)C1=S. The van der Waals surface area contributed by atoms with Gasteiger partial charge in [-0.15, -0.1) is 0 Å². The summed E-state index contributed by atoms with van der Waals surface area (Å²) >= 11 is 6.06. The highest BCUT2D eigenvalue weighted by Crippen LogP contribution is 2.31. The predicted molar refractivity (Wildman–Crippen MR) is 83.5 cm³/mol. The third-order valence-corrected chi connectivity index (χ3v) is 4.02. The summed E-state index contributed by atoms with van der Waals surface area (Å²) in [6.07, 6.45) is 5.40. The monoisotopic (exact) mass is 305 g/mol. The number of amides is 1. The standard InChI is InChI=1S/C14H11NO3S2/c16-12(17)9-15-13(19)11(20-14(15)18)8-4-7-10-5-2-1-3-6-10/h1-8H,9H2,(H,16,17). The smallest absolute Gasteiger partial charge is 0.323 e. The van der Waals surface area contributed by atoms with E-state index in [0.29, 0.717) is 4.91 Å². The van der Waals surface area contributed by atoms with Gasteiger partial charge in [0.05, 0.1) is 4.91 Å². The van der Waals surface area contributed by atoms with Gasteiger partial charge in [0.15, 0.2) is 0 Å². The third kappa shape index (κ3) is 3.55.